The number of fused-ring (bicyclic) bond motifs is 1. The molecule has 10 aromatic carbocycles. The Morgan fingerprint density at radius 3 is 1.66 bits per heavy atom. The third-order valence-corrected chi connectivity index (χ3v) is 17.3. The normalized spacial score (nSPS) is 17.6. The molecule has 398 valence electrons. The van der Waals surface area contributed by atoms with Gasteiger partial charge in [0.2, 0.25) is 0 Å². The number of benzene rings is 10. The van der Waals surface area contributed by atoms with E-state index in [-0.39, 0.29) is 5.75 Å². The average molecular weight is 1060 g/mol. The molecule has 4 heteroatoms. The molecule has 4 nitrogen and oxygen atoms in total. The van der Waals surface area contributed by atoms with Crippen molar-refractivity contribution in [1.29, 1.82) is 0 Å². The van der Waals surface area contributed by atoms with Crippen LogP contribution in [0.4, 0.5) is 0 Å². The van der Waals surface area contributed by atoms with E-state index in [0.717, 1.165) is 112 Å². The number of phenolic OH excluding ortho intramolecular Hbond substituents is 1. The summed E-state index contributed by atoms with van der Waals surface area (Å²) < 4.78 is 21.2. The molecular weight excluding hydrogens is 995 g/mol. The van der Waals surface area contributed by atoms with Crippen molar-refractivity contribution >= 4 is 11.0 Å². The fourth-order valence-electron chi connectivity index (χ4n) is 13.1. The second-order valence-electron chi connectivity index (χ2n) is 22.4. The lowest BCUT2D eigenvalue weighted by Crippen LogP contribution is -2.12. The Balaban J connectivity index is 0.903. The third kappa shape index (κ3) is 10.2. The van der Waals surface area contributed by atoms with Gasteiger partial charge in [0, 0.05) is 31.2 Å². The van der Waals surface area contributed by atoms with E-state index in [9.17, 15) is 7.85 Å². The van der Waals surface area contributed by atoms with E-state index in [1.54, 1.807) is 0 Å². The van der Waals surface area contributed by atoms with E-state index in [1.807, 2.05) is 54.7 Å². The molecule has 2 aromatic heterocycles. The quantitative estimate of drug-likeness (QED) is 0.125. The summed E-state index contributed by atoms with van der Waals surface area (Å²) in [5.74, 6) is 0.0968. The van der Waals surface area contributed by atoms with Crippen LogP contribution < -0.4 is 0 Å². The van der Waals surface area contributed by atoms with Crippen LogP contribution in [0.5, 0.6) is 5.75 Å². The van der Waals surface area contributed by atoms with Gasteiger partial charge in [-0.05, 0) is 171 Å². The van der Waals surface area contributed by atoms with E-state index >= 15 is 0 Å². The first kappa shape index (κ1) is 48.5. The number of phenols is 1. The lowest BCUT2D eigenvalue weighted by atomic mass is 9.76. The second kappa shape index (κ2) is 22.6. The van der Waals surface area contributed by atoms with Gasteiger partial charge in [-0.1, -0.05) is 226 Å². The van der Waals surface area contributed by atoms with E-state index in [2.05, 4.69) is 211 Å². The van der Waals surface area contributed by atoms with Crippen molar-refractivity contribution in [3.8, 4) is 101 Å². The minimum absolute atomic E-state index is 0.166. The fourth-order valence-corrected chi connectivity index (χ4v) is 13.1. The number of imidazole rings is 1. The summed E-state index contributed by atoms with van der Waals surface area (Å²) in [4.78, 5) is 10.8. The Morgan fingerprint density at radius 1 is 0.402 bits per heavy atom. The molecule has 2 heterocycles. The maximum Gasteiger partial charge on any atom is 0.149 e. The van der Waals surface area contributed by atoms with Crippen LogP contribution in [0.2, 0.25) is 0 Å². The van der Waals surface area contributed by atoms with Crippen LogP contribution in [0.15, 0.2) is 261 Å². The summed E-state index contributed by atoms with van der Waals surface area (Å²) in [6.07, 6.45) is 10.7. The van der Waals surface area contributed by atoms with Gasteiger partial charge < -0.3 is 5.11 Å². The first-order chi connectivity index (χ1) is 41.2. The predicted molar refractivity (Wildman–Crippen MR) is 340 cm³/mol. The zero-order valence-corrected chi connectivity index (χ0v) is 46.1. The Hall–Kier alpha value is -9.38. The van der Waals surface area contributed by atoms with Crippen molar-refractivity contribution in [1.82, 2.24) is 14.5 Å². The van der Waals surface area contributed by atoms with Crippen molar-refractivity contribution in [2.24, 2.45) is 5.92 Å². The molecule has 0 amide bonds. The maximum atomic E-state index is 12.9. The molecule has 0 aliphatic heterocycles. The minimum Gasteiger partial charge on any atom is -0.507 e. The van der Waals surface area contributed by atoms with Gasteiger partial charge in [0.1, 0.15) is 11.6 Å². The zero-order chi connectivity index (χ0) is 56.6. The predicted octanol–water partition coefficient (Wildman–Crippen LogP) is 20.6. The van der Waals surface area contributed by atoms with Crippen LogP contribution in [0.25, 0.3) is 106 Å². The number of hydrogen-bond donors (Lipinski definition) is 1. The highest BCUT2D eigenvalue weighted by Gasteiger charge is 2.27. The van der Waals surface area contributed by atoms with Gasteiger partial charge in [0.25, 0.3) is 0 Å². The largest absolute Gasteiger partial charge is 0.507 e. The van der Waals surface area contributed by atoms with Gasteiger partial charge in [-0.3, -0.25) is 9.55 Å². The van der Waals surface area contributed by atoms with E-state index in [4.69, 9.17) is 9.97 Å². The number of rotatable bonds is 13. The first-order valence-electron chi connectivity index (χ1n) is 30.3. The van der Waals surface area contributed by atoms with Crippen LogP contribution >= 0.6 is 0 Å². The molecule has 2 aliphatic carbocycles. The van der Waals surface area contributed by atoms with Gasteiger partial charge in [0.15, 0.2) is 0 Å². The summed E-state index contributed by atoms with van der Waals surface area (Å²) in [5, 5.41) is 12.9. The number of aromatic nitrogens is 3. The molecule has 0 saturated heterocycles. The highest BCUT2D eigenvalue weighted by atomic mass is 16.3. The van der Waals surface area contributed by atoms with Crippen molar-refractivity contribution < 1.29 is 7.85 Å². The smallest absolute Gasteiger partial charge is 0.149 e. The lowest BCUT2D eigenvalue weighted by molar-refractivity contribution is 0.396. The van der Waals surface area contributed by atoms with Crippen LogP contribution in [0.1, 0.15) is 82.6 Å². The number of para-hydroxylation sites is 2. The molecule has 0 radical (unpaired) electrons. The molecule has 0 atom stereocenters. The van der Waals surface area contributed by atoms with E-state index in [1.165, 1.54) is 31.2 Å². The first-order valence-corrected chi connectivity index (χ1v) is 29.3. The molecule has 2 saturated carbocycles. The SMILES string of the molecule is [2H]C1(c2ccccc2)CCC([2H])(c2ccc(-c3ccnc(-c4cc(-c5ccccc5)cc(-c5cccc6c5nc(-c5cccc(-c7ccccc7-c7ccccc7)c5O)n6-c5ccc(CC6CCCC6)cc5-c5ccccc5)c4)c3)cc2)CC1. The standard InChI is InChI=1S/C78H65N3O/c82-77-70(69-30-16-15-29-67(69)61-25-9-3-10-26-61)32-17-33-71(77)78-80-76-68(31-18-34-75(76)81(78)74-44-35-54(47-53-19-13-14-20-53)48-72(74)62-27-11-4-12-28-62)65-49-64(56-23-7-2-8-24-56)50-66(51-65)73-52-63(45-46-79-73)60-42-40-59(41-43-60)58-38-36-57(37-39-58)55-21-5-1-6-22-55/h1-12,15-18,21-35,40-46,48-53,57-58,82H,13-14,19-20,36-39,47H2/i57D,58D. The highest BCUT2D eigenvalue weighted by molar-refractivity contribution is 5.99. The molecule has 12 aromatic rings. The van der Waals surface area contributed by atoms with E-state index in [0.29, 0.717) is 43.0 Å². The van der Waals surface area contributed by atoms with Crippen LogP contribution in [-0.4, -0.2) is 19.6 Å². The average Bonchev–Trinajstić information content (AvgIpc) is 4.42. The van der Waals surface area contributed by atoms with Crippen LogP contribution in [0, 0.1) is 5.92 Å². The lowest BCUT2D eigenvalue weighted by Gasteiger charge is -2.29. The molecule has 2 aliphatic rings. The molecule has 1 N–H and O–H groups in total. The molecule has 0 spiro atoms. The number of nitrogens with zero attached hydrogens (tertiary/aromatic N) is 3. The summed E-state index contributed by atoms with van der Waals surface area (Å²) in [6.45, 7) is 0. The molecule has 0 unspecified atom stereocenters. The fraction of sp³-hybridized carbons (Fsp3) is 0.154. The number of hydrogen-bond acceptors (Lipinski definition) is 3. The summed E-state index contributed by atoms with van der Waals surface area (Å²) in [6, 6.07) is 89.2. The van der Waals surface area contributed by atoms with Gasteiger partial charge in [0.05, 0.1) is 28.0 Å². The molecular formula is C78H65N3O. The van der Waals surface area contributed by atoms with Crippen LogP contribution in [0.3, 0.4) is 0 Å². The highest BCUT2D eigenvalue weighted by Crippen LogP contribution is 2.47. The number of aromatic hydroxyl groups is 1. The molecule has 0 bridgehead atoms. The third-order valence-electron chi connectivity index (χ3n) is 17.3. The Labute approximate surface area is 485 Å². The Bertz CT molecular complexity index is 4320. The molecule has 82 heavy (non-hydrogen) atoms. The van der Waals surface area contributed by atoms with Crippen molar-refractivity contribution in [2.75, 3.05) is 0 Å². The molecule has 2 fully saturated rings. The zero-order valence-electron chi connectivity index (χ0n) is 48.1. The van der Waals surface area contributed by atoms with Gasteiger partial charge in [-0.25, -0.2) is 4.98 Å². The summed E-state index contributed by atoms with van der Waals surface area (Å²) in [7, 11) is 0. The van der Waals surface area contributed by atoms with Crippen molar-refractivity contribution in [2.45, 2.75) is 69.6 Å². The second-order valence-corrected chi connectivity index (χ2v) is 22.4. The number of pyridine rings is 1. The van der Waals surface area contributed by atoms with Crippen molar-refractivity contribution in [3.63, 3.8) is 0 Å². The Morgan fingerprint density at radius 2 is 0.951 bits per heavy atom. The summed E-state index contributed by atoms with van der Waals surface area (Å²) in [5.41, 5.74) is 20.8. The van der Waals surface area contributed by atoms with Gasteiger partial charge >= 0.3 is 0 Å². The maximum absolute atomic E-state index is 12.9. The van der Waals surface area contributed by atoms with Crippen LogP contribution in [-0.2, 0) is 6.42 Å². The van der Waals surface area contributed by atoms with Crippen molar-refractivity contribution in [3.05, 3.63) is 278 Å². The summed E-state index contributed by atoms with van der Waals surface area (Å²) >= 11 is 0. The Kier molecular flexibility index (Phi) is 13.4. The monoisotopic (exact) mass is 1060 g/mol. The minimum atomic E-state index is -0.739. The van der Waals surface area contributed by atoms with Gasteiger partial charge in [-0.15, -0.1) is 0 Å². The van der Waals surface area contributed by atoms with E-state index < -0.39 is 11.8 Å². The van der Waals surface area contributed by atoms with Gasteiger partial charge in [-0.2, -0.15) is 0 Å². The topological polar surface area (TPSA) is 50.9 Å². The molecule has 14 rings (SSSR count).